The van der Waals surface area contributed by atoms with Gasteiger partial charge in [0.05, 0.1) is 5.00 Å². The van der Waals surface area contributed by atoms with E-state index in [1.165, 1.54) is 0 Å². The van der Waals surface area contributed by atoms with Gasteiger partial charge in [0.15, 0.2) is 0 Å². The predicted octanol–water partition coefficient (Wildman–Crippen LogP) is 3.14. The quantitative estimate of drug-likeness (QED) is 0.376. The van der Waals surface area contributed by atoms with Crippen molar-refractivity contribution in [3.63, 3.8) is 0 Å². The number of alkyl halides is 1. The van der Waals surface area contributed by atoms with Crippen LogP contribution in [0.1, 0.15) is 20.3 Å². The lowest BCUT2D eigenvalue weighted by atomic mass is 10.2. The zero-order valence-corrected chi connectivity index (χ0v) is 8.76. The van der Waals surface area contributed by atoms with Gasteiger partial charge in [-0.2, -0.15) is 0 Å². The minimum absolute atomic E-state index is 0.00154. The first-order valence-electron chi connectivity index (χ1n) is 2.86. The summed E-state index contributed by atoms with van der Waals surface area (Å²) in [6.07, 6.45) is 0.919. The number of halogens is 3. The molecule has 0 amide bonds. The van der Waals surface area contributed by atoms with Crippen molar-refractivity contribution in [2.45, 2.75) is 25.3 Å². The van der Waals surface area contributed by atoms with Crippen LogP contribution in [0.25, 0.3) is 0 Å². The molecule has 0 saturated heterocycles. The number of rotatable bonds is 3. The molecule has 0 N–H and O–H groups in total. The van der Waals surface area contributed by atoms with Crippen molar-refractivity contribution in [1.82, 2.24) is 0 Å². The minimum atomic E-state index is -1.30. The highest BCUT2D eigenvalue weighted by Crippen LogP contribution is 2.17. The van der Waals surface area contributed by atoms with Crippen LogP contribution in [0.4, 0.5) is 0 Å². The lowest BCUT2D eigenvalue weighted by Gasteiger charge is -2.09. The highest BCUT2D eigenvalue weighted by atomic mass is 35.7. The lowest BCUT2D eigenvalue weighted by molar-refractivity contribution is 0.613. The standard InChI is InChI=1S/C5H10Cl3Si/c1-4(2)3-5(6)9(7)8/h4-5H,3H2,1-2H3. The van der Waals surface area contributed by atoms with Crippen molar-refractivity contribution in [3.05, 3.63) is 0 Å². The average molecular weight is 205 g/mol. The van der Waals surface area contributed by atoms with Gasteiger partial charge in [-0.05, 0) is 12.3 Å². The van der Waals surface area contributed by atoms with Crippen molar-refractivity contribution in [2.24, 2.45) is 5.92 Å². The molecule has 0 bridgehead atoms. The molecule has 0 aromatic carbocycles. The van der Waals surface area contributed by atoms with Crippen LogP contribution in [0.5, 0.6) is 0 Å². The molecule has 0 aromatic rings. The van der Waals surface area contributed by atoms with Crippen LogP contribution < -0.4 is 0 Å². The maximum atomic E-state index is 5.79. The van der Waals surface area contributed by atoms with E-state index in [1.54, 1.807) is 0 Å². The highest BCUT2D eigenvalue weighted by Gasteiger charge is 2.17. The summed E-state index contributed by atoms with van der Waals surface area (Å²) >= 11 is 17.0. The van der Waals surface area contributed by atoms with Crippen LogP contribution in [-0.4, -0.2) is 12.4 Å². The Kier molecular flexibility index (Phi) is 5.42. The Labute approximate surface area is 72.5 Å². The van der Waals surface area contributed by atoms with Gasteiger partial charge in [0, 0.05) is 0 Å². The molecule has 0 rings (SSSR count). The van der Waals surface area contributed by atoms with E-state index in [1.807, 2.05) is 0 Å². The van der Waals surface area contributed by atoms with Crippen molar-refractivity contribution in [1.29, 1.82) is 0 Å². The summed E-state index contributed by atoms with van der Waals surface area (Å²) in [6.45, 7) is 4.21. The fourth-order valence-corrected chi connectivity index (χ4v) is 2.04. The molecule has 9 heavy (non-hydrogen) atoms. The lowest BCUT2D eigenvalue weighted by Crippen LogP contribution is -2.15. The maximum absolute atomic E-state index is 5.79. The van der Waals surface area contributed by atoms with Crippen molar-refractivity contribution in [2.75, 3.05) is 0 Å². The summed E-state index contributed by atoms with van der Waals surface area (Å²) in [6, 6.07) is 0. The van der Waals surface area contributed by atoms with Gasteiger partial charge in [0.1, 0.15) is 0 Å². The molecule has 0 aliphatic carbocycles. The molecule has 0 heterocycles. The number of hydrogen-bond donors (Lipinski definition) is 0. The molecule has 1 radical (unpaired) electrons. The molecule has 0 aliphatic heterocycles. The Morgan fingerprint density at radius 2 is 1.78 bits per heavy atom. The topological polar surface area (TPSA) is 0 Å². The van der Waals surface area contributed by atoms with E-state index in [9.17, 15) is 0 Å². The van der Waals surface area contributed by atoms with E-state index >= 15 is 0 Å². The Morgan fingerprint density at radius 1 is 1.33 bits per heavy atom. The summed E-state index contributed by atoms with van der Waals surface area (Å²) in [5.74, 6) is 0.588. The summed E-state index contributed by atoms with van der Waals surface area (Å²) in [5, 5.41) is -0.00154. The van der Waals surface area contributed by atoms with Gasteiger partial charge in [-0.3, -0.25) is 0 Å². The van der Waals surface area contributed by atoms with E-state index in [4.69, 9.17) is 33.8 Å². The van der Waals surface area contributed by atoms with Gasteiger partial charge in [-0.25, -0.2) is 0 Å². The van der Waals surface area contributed by atoms with Crippen LogP contribution in [0.2, 0.25) is 0 Å². The van der Waals surface area contributed by atoms with Gasteiger partial charge < -0.3 is 0 Å². The second kappa shape index (κ2) is 4.83. The third kappa shape index (κ3) is 5.53. The average Bonchev–Trinajstić information content (AvgIpc) is 1.63. The third-order valence-electron chi connectivity index (χ3n) is 0.915. The summed E-state index contributed by atoms with van der Waals surface area (Å²) in [4.78, 5) is 0. The van der Waals surface area contributed by atoms with Crippen molar-refractivity contribution in [3.8, 4) is 0 Å². The van der Waals surface area contributed by atoms with Crippen LogP contribution in [0.3, 0.4) is 0 Å². The minimum Gasteiger partial charge on any atom is -0.145 e. The van der Waals surface area contributed by atoms with E-state index in [2.05, 4.69) is 13.8 Å². The maximum Gasteiger partial charge on any atom is 0.292 e. The molecular weight excluding hydrogens is 194 g/mol. The first-order chi connectivity index (χ1) is 4.04. The molecule has 0 saturated carbocycles. The molecule has 0 aromatic heterocycles. The molecule has 4 heteroatoms. The van der Waals surface area contributed by atoms with E-state index in [0.29, 0.717) is 5.92 Å². The fourth-order valence-electron chi connectivity index (χ4n) is 0.503. The largest absolute Gasteiger partial charge is 0.292 e. The fraction of sp³-hybridized carbons (Fsp3) is 1.00. The second-order valence-electron chi connectivity index (χ2n) is 2.39. The van der Waals surface area contributed by atoms with E-state index in [0.717, 1.165) is 6.42 Å². The molecule has 0 fully saturated rings. The molecule has 55 valence electrons. The molecule has 0 nitrogen and oxygen atoms in total. The van der Waals surface area contributed by atoms with Crippen LogP contribution >= 0.6 is 33.8 Å². The van der Waals surface area contributed by atoms with Gasteiger partial charge in [0.2, 0.25) is 0 Å². The van der Waals surface area contributed by atoms with Crippen molar-refractivity contribution >= 4 is 41.2 Å². The van der Waals surface area contributed by atoms with Gasteiger partial charge >= 0.3 is 0 Å². The smallest absolute Gasteiger partial charge is 0.145 e. The highest BCUT2D eigenvalue weighted by molar-refractivity contribution is 7.36. The first kappa shape index (κ1) is 10.1. The molecule has 0 spiro atoms. The Balaban J connectivity index is 3.38. The Morgan fingerprint density at radius 3 is 1.89 bits per heavy atom. The van der Waals surface area contributed by atoms with Gasteiger partial charge in [0.25, 0.3) is 7.42 Å². The van der Waals surface area contributed by atoms with E-state index < -0.39 is 7.42 Å². The Hall–Kier alpha value is 1.09. The molecule has 1 atom stereocenters. The van der Waals surface area contributed by atoms with Crippen molar-refractivity contribution < 1.29 is 0 Å². The second-order valence-corrected chi connectivity index (χ2v) is 7.58. The monoisotopic (exact) mass is 203 g/mol. The van der Waals surface area contributed by atoms with Crippen LogP contribution in [-0.2, 0) is 0 Å². The SMILES string of the molecule is CC(C)CC(Cl)[Si](Cl)Cl. The third-order valence-corrected chi connectivity index (χ3v) is 4.71. The summed E-state index contributed by atoms with van der Waals surface area (Å²) in [5.41, 5.74) is 0. The summed E-state index contributed by atoms with van der Waals surface area (Å²) < 4.78 is 0. The predicted molar refractivity (Wildman–Crippen MR) is 46.6 cm³/mol. The van der Waals surface area contributed by atoms with Crippen LogP contribution in [0.15, 0.2) is 0 Å². The zero-order chi connectivity index (χ0) is 7.44. The van der Waals surface area contributed by atoms with Crippen LogP contribution in [0, 0.1) is 5.92 Å². The molecule has 1 unspecified atom stereocenters. The molecule has 0 aliphatic rings. The van der Waals surface area contributed by atoms with Gasteiger partial charge in [-0.15, -0.1) is 33.8 Å². The summed E-state index contributed by atoms with van der Waals surface area (Å²) in [7, 11) is -1.30. The first-order valence-corrected chi connectivity index (χ1v) is 6.89. The molecular formula is C5H10Cl3Si. The van der Waals surface area contributed by atoms with Gasteiger partial charge in [-0.1, -0.05) is 13.8 Å². The zero-order valence-electron chi connectivity index (χ0n) is 5.50. The Bertz CT molecular complexity index is 74.6. The van der Waals surface area contributed by atoms with E-state index in [-0.39, 0.29) is 5.00 Å². The number of hydrogen-bond acceptors (Lipinski definition) is 0. The normalized spacial score (nSPS) is 15.0.